The number of nitrogens with one attached hydrogen (secondary N) is 1. The lowest BCUT2D eigenvalue weighted by Gasteiger charge is -2.52. The molecule has 228 valence electrons. The molecule has 3 aromatic rings. The number of halogens is 3. The minimum Gasteiger partial charge on any atom is -0.369 e. The van der Waals surface area contributed by atoms with Crippen molar-refractivity contribution in [2.45, 2.75) is 43.6 Å². The van der Waals surface area contributed by atoms with Gasteiger partial charge in [-0.3, -0.25) is 19.2 Å². The first-order valence-corrected chi connectivity index (χ1v) is 15.3. The summed E-state index contributed by atoms with van der Waals surface area (Å²) < 4.78 is 14.8. The molecule has 0 aliphatic carbocycles. The topological polar surface area (TPSA) is 113 Å². The summed E-state index contributed by atoms with van der Waals surface area (Å²) in [4.78, 5) is 57.3. The van der Waals surface area contributed by atoms with Crippen molar-refractivity contribution in [2.75, 3.05) is 25.0 Å². The van der Waals surface area contributed by atoms with Crippen LogP contribution in [-0.4, -0.2) is 53.1 Å². The summed E-state index contributed by atoms with van der Waals surface area (Å²) in [5, 5.41) is 3.79. The third-order valence-electron chi connectivity index (χ3n) is 9.38. The number of rotatable bonds is 5. The molecule has 4 amide bonds. The molecule has 3 N–H and O–H groups in total. The maximum Gasteiger partial charge on any atom is 0.242 e. The number of likely N-dealkylation sites (tertiary alicyclic amines) is 2. The Labute approximate surface area is 264 Å². The summed E-state index contributed by atoms with van der Waals surface area (Å²) in [7, 11) is 0. The number of benzene rings is 3. The highest BCUT2D eigenvalue weighted by molar-refractivity contribution is 6.31. The smallest absolute Gasteiger partial charge is 0.242 e. The van der Waals surface area contributed by atoms with Crippen molar-refractivity contribution in [3.05, 3.63) is 98.8 Å². The molecule has 3 aromatic carbocycles. The van der Waals surface area contributed by atoms with Crippen LogP contribution < -0.4 is 11.1 Å². The molecule has 44 heavy (non-hydrogen) atoms. The van der Waals surface area contributed by atoms with Crippen molar-refractivity contribution in [1.29, 1.82) is 0 Å². The first-order valence-electron chi connectivity index (χ1n) is 14.5. The lowest BCUT2D eigenvalue weighted by atomic mass is 9.58. The highest BCUT2D eigenvalue weighted by Crippen LogP contribution is 2.60. The average Bonchev–Trinajstić information content (AvgIpc) is 3.26. The van der Waals surface area contributed by atoms with Crippen molar-refractivity contribution >= 4 is 52.5 Å². The monoisotopic (exact) mass is 636 g/mol. The first-order chi connectivity index (χ1) is 21.0. The number of carbonyl (C=O) groups is 4. The number of nitrogens with two attached hydrogens (primary N) is 1. The quantitative estimate of drug-likeness (QED) is 0.405. The van der Waals surface area contributed by atoms with E-state index in [2.05, 4.69) is 5.32 Å². The lowest BCUT2D eigenvalue weighted by Crippen LogP contribution is -2.60. The van der Waals surface area contributed by atoms with Gasteiger partial charge in [-0.2, -0.15) is 0 Å². The summed E-state index contributed by atoms with van der Waals surface area (Å²) in [5.41, 5.74) is 6.92. The predicted octanol–water partition coefficient (Wildman–Crippen LogP) is 5.11. The second kappa shape index (κ2) is 11.5. The number of fused-ring (bicyclic) bond motifs is 2. The van der Waals surface area contributed by atoms with Gasteiger partial charge in [0, 0.05) is 47.1 Å². The van der Waals surface area contributed by atoms with Crippen LogP contribution in [0.3, 0.4) is 0 Å². The van der Waals surface area contributed by atoms with E-state index in [1.807, 2.05) is 6.92 Å². The van der Waals surface area contributed by atoms with Crippen molar-refractivity contribution in [2.24, 2.45) is 11.7 Å². The van der Waals surface area contributed by atoms with E-state index < -0.39 is 29.1 Å². The van der Waals surface area contributed by atoms with Crippen LogP contribution in [0.5, 0.6) is 0 Å². The number of aryl methyl sites for hydroxylation is 1. The Balaban J connectivity index is 1.53. The number of carbonyl (C=O) groups excluding carboxylic acids is 4. The molecular formula is C33H31Cl2FN4O4. The van der Waals surface area contributed by atoms with Gasteiger partial charge < -0.3 is 20.9 Å². The molecule has 0 saturated carbocycles. The van der Waals surface area contributed by atoms with Gasteiger partial charge in [0.05, 0.1) is 6.04 Å². The lowest BCUT2D eigenvalue weighted by molar-refractivity contribution is -0.152. The van der Waals surface area contributed by atoms with Gasteiger partial charge >= 0.3 is 0 Å². The molecule has 1 spiro atoms. The van der Waals surface area contributed by atoms with Crippen LogP contribution in [0.2, 0.25) is 10.0 Å². The van der Waals surface area contributed by atoms with E-state index in [0.29, 0.717) is 58.4 Å². The molecule has 0 aromatic heterocycles. The standard InChI is InChI=1S/C33H31Cl2FN4O4/c1-18-5-7-23(36)15-24(18)26-16-28(41)40(17-29(42)39-11-9-19(10-12-39)31(37)43)30(20-3-2-4-21(34)13-20)33(26)25-8-6-22(35)14-27(25)38-32(33)44/h2-8,13-15,19,26,30H,9-12,16-17H2,1H3,(H2,37,43)(H,38,44). The zero-order chi connectivity index (χ0) is 31.3. The zero-order valence-electron chi connectivity index (χ0n) is 24.0. The van der Waals surface area contributed by atoms with Gasteiger partial charge in [0.2, 0.25) is 23.6 Å². The summed E-state index contributed by atoms with van der Waals surface area (Å²) in [6.45, 7) is 2.18. The van der Waals surface area contributed by atoms with E-state index in [-0.39, 0.29) is 36.6 Å². The molecule has 11 heteroatoms. The molecule has 6 rings (SSSR count). The predicted molar refractivity (Wildman–Crippen MR) is 165 cm³/mol. The van der Waals surface area contributed by atoms with Gasteiger partial charge in [0.15, 0.2) is 0 Å². The SMILES string of the molecule is Cc1ccc(F)cc1C1CC(=O)N(CC(=O)N2CCC(C(N)=O)CC2)C(c2cccc(Cl)c2)C12C(=O)Nc1cc(Cl)ccc12. The van der Waals surface area contributed by atoms with E-state index in [0.717, 1.165) is 5.56 Å². The van der Waals surface area contributed by atoms with E-state index in [4.69, 9.17) is 28.9 Å². The number of hydrogen-bond donors (Lipinski definition) is 2. The average molecular weight is 638 g/mol. The molecule has 3 unspecified atom stereocenters. The Kier molecular flexibility index (Phi) is 7.88. The second-order valence-corrected chi connectivity index (χ2v) is 12.7. The molecule has 0 radical (unpaired) electrons. The van der Waals surface area contributed by atoms with Crippen molar-refractivity contribution < 1.29 is 23.6 Å². The van der Waals surface area contributed by atoms with Crippen LogP contribution in [0.15, 0.2) is 60.7 Å². The Bertz CT molecular complexity index is 1690. The number of nitrogens with zero attached hydrogens (tertiary/aromatic N) is 2. The molecule has 0 bridgehead atoms. The van der Waals surface area contributed by atoms with E-state index in [9.17, 15) is 23.6 Å². The second-order valence-electron chi connectivity index (χ2n) is 11.8. The van der Waals surface area contributed by atoms with Crippen LogP contribution in [0.1, 0.15) is 53.5 Å². The number of anilines is 1. The van der Waals surface area contributed by atoms with Crippen LogP contribution in [0.4, 0.5) is 10.1 Å². The van der Waals surface area contributed by atoms with Crippen LogP contribution in [0, 0.1) is 18.7 Å². The van der Waals surface area contributed by atoms with Crippen molar-refractivity contribution in [3.63, 3.8) is 0 Å². The maximum absolute atomic E-state index is 14.8. The number of piperidine rings is 2. The van der Waals surface area contributed by atoms with Gasteiger partial charge in [-0.15, -0.1) is 0 Å². The van der Waals surface area contributed by atoms with Gasteiger partial charge in [-0.25, -0.2) is 4.39 Å². The Morgan fingerprint density at radius 1 is 1.02 bits per heavy atom. The summed E-state index contributed by atoms with van der Waals surface area (Å²) in [5.74, 6) is -3.02. The van der Waals surface area contributed by atoms with E-state index in [1.165, 1.54) is 17.0 Å². The molecule has 3 aliphatic rings. The van der Waals surface area contributed by atoms with Crippen molar-refractivity contribution in [3.8, 4) is 0 Å². The minimum atomic E-state index is -1.46. The molecule has 2 fully saturated rings. The Morgan fingerprint density at radius 2 is 1.75 bits per heavy atom. The number of primary amides is 1. The molecule has 3 heterocycles. The number of hydrogen-bond acceptors (Lipinski definition) is 4. The minimum absolute atomic E-state index is 0.145. The largest absolute Gasteiger partial charge is 0.369 e. The van der Waals surface area contributed by atoms with E-state index >= 15 is 0 Å². The summed E-state index contributed by atoms with van der Waals surface area (Å²) >= 11 is 12.8. The molecule has 3 atom stereocenters. The van der Waals surface area contributed by atoms with Crippen LogP contribution in [-0.2, 0) is 24.6 Å². The van der Waals surface area contributed by atoms with Gasteiger partial charge in [-0.05, 0) is 78.4 Å². The molecular weight excluding hydrogens is 606 g/mol. The van der Waals surface area contributed by atoms with Gasteiger partial charge in [-0.1, -0.05) is 47.5 Å². The van der Waals surface area contributed by atoms with E-state index in [1.54, 1.807) is 53.4 Å². The Hall–Kier alpha value is -3.95. The highest BCUT2D eigenvalue weighted by Gasteiger charge is 2.63. The molecule has 3 aliphatic heterocycles. The summed E-state index contributed by atoms with van der Waals surface area (Å²) in [6.07, 6.45) is 0.732. The maximum atomic E-state index is 14.8. The van der Waals surface area contributed by atoms with Crippen molar-refractivity contribution in [1.82, 2.24) is 9.80 Å². The fourth-order valence-corrected chi connectivity index (χ4v) is 7.65. The summed E-state index contributed by atoms with van der Waals surface area (Å²) in [6, 6.07) is 15.4. The molecule has 2 saturated heterocycles. The Morgan fingerprint density at radius 3 is 2.45 bits per heavy atom. The third kappa shape index (κ3) is 5.02. The normalized spacial score (nSPS) is 23.5. The third-order valence-corrected chi connectivity index (χ3v) is 9.85. The van der Waals surface area contributed by atoms with Crippen LogP contribution >= 0.6 is 23.2 Å². The first kappa shape index (κ1) is 30.1. The zero-order valence-corrected chi connectivity index (χ0v) is 25.5. The molecule has 8 nitrogen and oxygen atoms in total. The fraction of sp³-hybridized carbons (Fsp3) is 0.333. The van der Waals surface area contributed by atoms with Gasteiger partial charge in [0.25, 0.3) is 0 Å². The highest BCUT2D eigenvalue weighted by atomic mass is 35.5. The van der Waals surface area contributed by atoms with Gasteiger partial charge in [0.1, 0.15) is 17.8 Å². The van der Waals surface area contributed by atoms with Crippen LogP contribution in [0.25, 0.3) is 0 Å². The fourth-order valence-electron chi connectivity index (χ4n) is 7.28. The number of amides is 4.